The average molecular weight is 252 g/mol. The summed E-state index contributed by atoms with van der Waals surface area (Å²) in [7, 11) is 4.03. The van der Waals surface area contributed by atoms with E-state index in [0.29, 0.717) is 13.2 Å². The molecule has 0 fully saturated rings. The van der Waals surface area contributed by atoms with Gasteiger partial charge in [-0.3, -0.25) is 0 Å². The smallest absolute Gasteiger partial charge is 0.137 e. The van der Waals surface area contributed by atoms with E-state index in [1.165, 1.54) is 10.5 Å². The van der Waals surface area contributed by atoms with Crippen LogP contribution < -0.4 is 9.64 Å². The van der Waals surface area contributed by atoms with Gasteiger partial charge in [0.15, 0.2) is 0 Å². The minimum Gasteiger partial charge on any atom is -0.491 e. The predicted octanol–water partition coefficient (Wildman–Crippen LogP) is 0.868. The van der Waals surface area contributed by atoms with Crippen LogP contribution in [0.5, 0.6) is 5.75 Å². The summed E-state index contributed by atoms with van der Waals surface area (Å²) in [5.41, 5.74) is 1.44. The molecule has 1 aromatic carbocycles. The lowest BCUT2D eigenvalue weighted by Crippen LogP contribution is -3.07. The van der Waals surface area contributed by atoms with Gasteiger partial charge in [-0.1, -0.05) is 32.9 Å². The summed E-state index contributed by atoms with van der Waals surface area (Å²) in [6.45, 7) is 7.60. The average Bonchev–Trinajstić information content (AvgIpc) is 2.25. The molecule has 0 saturated carbocycles. The first-order chi connectivity index (χ1) is 8.29. The fourth-order valence-corrected chi connectivity index (χ4v) is 1.77. The zero-order valence-electron chi connectivity index (χ0n) is 12.2. The van der Waals surface area contributed by atoms with E-state index in [1.807, 2.05) is 26.2 Å². The SMILES string of the molecule is C[NH+](C)C[C@@H](O)COc1ccc(C(C)(C)C)cc1. The second-order valence-electron chi connectivity index (χ2n) is 6.15. The fraction of sp³-hybridized carbons (Fsp3) is 0.600. The van der Waals surface area contributed by atoms with Crippen LogP contribution in [0.25, 0.3) is 0 Å². The Morgan fingerprint density at radius 3 is 2.17 bits per heavy atom. The van der Waals surface area contributed by atoms with Crippen molar-refractivity contribution in [3.05, 3.63) is 29.8 Å². The predicted molar refractivity (Wildman–Crippen MR) is 74.3 cm³/mol. The fourth-order valence-electron chi connectivity index (χ4n) is 1.77. The number of hydrogen-bond acceptors (Lipinski definition) is 2. The second kappa shape index (κ2) is 6.21. The lowest BCUT2D eigenvalue weighted by Gasteiger charge is -2.19. The van der Waals surface area contributed by atoms with E-state index in [4.69, 9.17) is 4.74 Å². The molecule has 0 radical (unpaired) electrons. The number of quaternary nitrogens is 1. The molecule has 0 heterocycles. The molecule has 1 aromatic rings. The molecule has 0 spiro atoms. The Labute approximate surface area is 110 Å². The van der Waals surface area contributed by atoms with Crippen molar-refractivity contribution in [3.63, 3.8) is 0 Å². The van der Waals surface area contributed by atoms with Gasteiger partial charge in [0.1, 0.15) is 25.0 Å². The zero-order valence-corrected chi connectivity index (χ0v) is 12.2. The van der Waals surface area contributed by atoms with E-state index >= 15 is 0 Å². The Hall–Kier alpha value is -1.06. The van der Waals surface area contributed by atoms with E-state index < -0.39 is 6.10 Å². The molecule has 3 nitrogen and oxygen atoms in total. The summed E-state index contributed by atoms with van der Waals surface area (Å²) in [6.07, 6.45) is -0.419. The molecule has 1 rings (SSSR count). The molecule has 3 heteroatoms. The van der Waals surface area contributed by atoms with E-state index in [0.717, 1.165) is 5.75 Å². The molecule has 0 unspecified atom stereocenters. The summed E-state index contributed by atoms with van der Waals surface area (Å²) < 4.78 is 5.57. The van der Waals surface area contributed by atoms with Crippen molar-refractivity contribution in [2.75, 3.05) is 27.2 Å². The molecular weight excluding hydrogens is 226 g/mol. The molecule has 0 aliphatic carbocycles. The summed E-state index contributed by atoms with van der Waals surface area (Å²) in [4.78, 5) is 1.22. The van der Waals surface area contributed by atoms with Crippen LogP contribution >= 0.6 is 0 Å². The molecule has 0 aliphatic rings. The Morgan fingerprint density at radius 1 is 1.17 bits per heavy atom. The molecule has 2 N–H and O–H groups in total. The van der Waals surface area contributed by atoms with E-state index in [-0.39, 0.29) is 5.41 Å². The van der Waals surface area contributed by atoms with Crippen LogP contribution in [0, 0.1) is 0 Å². The van der Waals surface area contributed by atoms with Crippen LogP contribution in [-0.2, 0) is 5.41 Å². The number of benzene rings is 1. The normalized spacial score (nSPS) is 13.7. The van der Waals surface area contributed by atoms with Crippen LogP contribution in [0.2, 0.25) is 0 Å². The third-order valence-electron chi connectivity index (χ3n) is 2.81. The van der Waals surface area contributed by atoms with Crippen LogP contribution in [0.1, 0.15) is 26.3 Å². The molecule has 0 bridgehead atoms. The first-order valence-electron chi connectivity index (χ1n) is 6.49. The highest BCUT2D eigenvalue weighted by Crippen LogP contribution is 2.24. The molecule has 0 amide bonds. The lowest BCUT2D eigenvalue weighted by molar-refractivity contribution is -0.861. The van der Waals surface area contributed by atoms with Gasteiger partial charge in [-0.15, -0.1) is 0 Å². The van der Waals surface area contributed by atoms with Gasteiger partial charge in [-0.2, -0.15) is 0 Å². The zero-order chi connectivity index (χ0) is 13.8. The molecule has 0 aliphatic heterocycles. The number of rotatable bonds is 5. The van der Waals surface area contributed by atoms with Gasteiger partial charge < -0.3 is 14.7 Å². The highest BCUT2D eigenvalue weighted by atomic mass is 16.5. The number of likely N-dealkylation sites (N-methyl/N-ethyl adjacent to an activating group) is 1. The first-order valence-corrected chi connectivity index (χ1v) is 6.49. The Morgan fingerprint density at radius 2 is 1.72 bits per heavy atom. The van der Waals surface area contributed by atoms with Gasteiger partial charge in [0, 0.05) is 0 Å². The largest absolute Gasteiger partial charge is 0.491 e. The van der Waals surface area contributed by atoms with Crippen molar-refractivity contribution in [2.24, 2.45) is 0 Å². The Bertz CT molecular complexity index is 352. The summed E-state index contributed by atoms with van der Waals surface area (Å²) in [6, 6.07) is 8.10. The van der Waals surface area contributed by atoms with E-state index in [2.05, 4.69) is 32.9 Å². The van der Waals surface area contributed by atoms with Crippen molar-refractivity contribution in [2.45, 2.75) is 32.3 Å². The second-order valence-corrected chi connectivity index (χ2v) is 6.15. The van der Waals surface area contributed by atoms with E-state index in [1.54, 1.807) is 0 Å². The number of hydrogen-bond donors (Lipinski definition) is 2. The summed E-state index contributed by atoms with van der Waals surface area (Å²) >= 11 is 0. The van der Waals surface area contributed by atoms with Crippen molar-refractivity contribution in [1.29, 1.82) is 0 Å². The molecule has 0 saturated heterocycles. The summed E-state index contributed by atoms with van der Waals surface area (Å²) in [5, 5.41) is 9.72. The minimum atomic E-state index is -0.419. The van der Waals surface area contributed by atoms with Crippen LogP contribution in [-0.4, -0.2) is 38.5 Å². The molecule has 102 valence electrons. The van der Waals surface area contributed by atoms with Crippen LogP contribution in [0.3, 0.4) is 0 Å². The van der Waals surface area contributed by atoms with Crippen molar-refractivity contribution >= 4 is 0 Å². The number of aliphatic hydroxyl groups excluding tert-OH is 1. The lowest BCUT2D eigenvalue weighted by atomic mass is 9.87. The Balaban J connectivity index is 2.49. The number of ether oxygens (including phenoxy) is 1. The molecular formula is C15H26NO2+. The van der Waals surface area contributed by atoms with Crippen LogP contribution in [0.15, 0.2) is 24.3 Å². The highest BCUT2D eigenvalue weighted by molar-refractivity contribution is 5.31. The maximum atomic E-state index is 9.72. The standard InChI is InChI=1S/C15H25NO2/c1-15(2,3)12-6-8-14(9-7-12)18-11-13(17)10-16(4)5/h6-9,13,17H,10-11H2,1-5H3/p+1/t13-/m1/s1. The first kappa shape index (κ1) is 15.0. The number of aliphatic hydroxyl groups is 1. The maximum Gasteiger partial charge on any atom is 0.137 e. The highest BCUT2D eigenvalue weighted by Gasteiger charge is 2.13. The van der Waals surface area contributed by atoms with Gasteiger partial charge in [0.05, 0.1) is 14.1 Å². The molecule has 1 atom stereocenters. The van der Waals surface area contributed by atoms with Gasteiger partial charge in [-0.05, 0) is 23.1 Å². The third kappa shape index (κ3) is 5.07. The Kier molecular flexibility index (Phi) is 5.17. The summed E-state index contributed by atoms with van der Waals surface area (Å²) in [5.74, 6) is 0.816. The van der Waals surface area contributed by atoms with E-state index in [9.17, 15) is 5.11 Å². The van der Waals surface area contributed by atoms with Gasteiger partial charge >= 0.3 is 0 Å². The number of nitrogens with one attached hydrogen (secondary N) is 1. The topological polar surface area (TPSA) is 33.9 Å². The van der Waals surface area contributed by atoms with Crippen molar-refractivity contribution < 1.29 is 14.7 Å². The quantitative estimate of drug-likeness (QED) is 0.815. The third-order valence-corrected chi connectivity index (χ3v) is 2.81. The molecule has 18 heavy (non-hydrogen) atoms. The van der Waals surface area contributed by atoms with Gasteiger partial charge in [0.2, 0.25) is 0 Å². The van der Waals surface area contributed by atoms with Gasteiger partial charge in [-0.25, -0.2) is 0 Å². The molecule has 0 aromatic heterocycles. The van der Waals surface area contributed by atoms with Crippen molar-refractivity contribution in [1.82, 2.24) is 0 Å². The van der Waals surface area contributed by atoms with Crippen LogP contribution in [0.4, 0.5) is 0 Å². The maximum absolute atomic E-state index is 9.72. The van der Waals surface area contributed by atoms with Gasteiger partial charge in [0.25, 0.3) is 0 Å². The van der Waals surface area contributed by atoms with Crippen molar-refractivity contribution in [3.8, 4) is 5.75 Å². The minimum absolute atomic E-state index is 0.159. The monoisotopic (exact) mass is 252 g/mol.